The Morgan fingerprint density at radius 1 is 1.43 bits per heavy atom. The van der Waals surface area contributed by atoms with Crippen LogP contribution in [0, 0.1) is 11.8 Å². The number of carbonyl (C=O) groups excluding carboxylic acids is 2. The minimum atomic E-state index is -0.324. The van der Waals surface area contributed by atoms with Crippen LogP contribution in [0.3, 0.4) is 0 Å². The highest BCUT2D eigenvalue weighted by atomic mass is 16.5. The molecule has 1 aliphatic rings. The molecule has 3 nitrogen and oxygen atoms in total. The zero-order chi connectivity index (χ0) is 9.97. The SMILES string of the molecule is O=CC#Cc1ccc2c(c1)C(=O)OC2. The molecule has 1 aromatic rings. The third-order valence-electron chi connectivity index (χ3n) is 1.96. The topological polar surface area (TPSA) is 43.4 Å². The van der Waals surface area contributed by atoms with Crippen molar-refractivity contribution in [3.8, 4) is 11.8 Å². The second-order valence-corrected chi connectivity index (χ2v) is 2.84. The Kier molecular flexibility index (Phi) is 2.04. The molecule has 1 aliphatic heterocycles. The van der Waals surface area contributed by atoms with E-state index in [1.807, 2.05) is 0 Å². The fraction of sp³-hybridized carbons (Fsp3) is 0.0909. The number of esters is 1. The van der Waals surface area contributed by atoms with Gasteiger partial charge in [0.15, 0.2) is 6.29 Å². The molecule has 2 rings (SSSR count). The van der Waals surface area contributed by atoms with Crippen molar-refractivity contribution in [2.45, 2.75) is 6.61 Å². The second kappa shape index (κ2) is 3.35. The van der Waals surface area contributed by atoms with Crippen LogP contribution in [0.5, 0.6) is 0 Å². The second-order valence-electron chi connectivity index (χ2n) is 2.84. The number of hydrogen-bond donors (Lipinski definition) is 0. The van der Waals surface area contributed by atoms with E-state index in [0.29, 0.717) is 24.0 Å². The highest BCUT2D eigenvalue weighted by Crippen LogP contribution is 2.20. The zero-order valence-electron chi connectivity index (χ0n) is 7.24. The van der Waals surface area contributed by atoms with Crippen molar-refractivity contribution < 1.29 is 14.3 Å². The highest BCUT2D eigenvalue weighted by Gasteiger charge is 2.20. The molecule has 0 atom stereocenters. The maximum absolute atomic E-state index is 11.2. The summed E-state index contributed by atoms with van der Waals surface area (Å²) >= 11 is 0. The van der Waals surface area contributed by atoms with Crippen molar-refractivity contribution in [1.82, 2.24) is 0 Å². The van der Waals surface area contributed by atoms with Gasteiger partial charge in [-0.3, -0.25) is 4.79 Å². The van der Waals surface area contributed by atoms with E-state index in [0.717, 1.165) is 5.56 Å². The summed E-state index contributed by atoms with van der Waals surface area (Å²) in [4.78, 5) is 21.2. The zero-order valence-corrected chi connectivity index (χ0v) is 7.24. The molecule has 0 fully saturated rings. The van der Waals surface area contributed by atoms with E-state index in [1.54, 1.807) is 18.2 Å². The van der Waals surface area contributed by atoms with E-state index >= 15 is 0 Å². The van der Waals surface area contributed by atoms with E-state index in [4.69, 9.17) is 4.74 Å². The van der Waals surface area contributed by atoms with Crippen molar-refractivity contribution in [2.75, 3.05) is 0 Å². The fourth-order valence-corrected chi connectivity index (χ4v) is 1.30. The molecule has 14 heavy (non-hydrogen) atoms. The predicted octanol–water partition coefficient (Wildman–Crippen LogP) is 0.907. The molecule has 0 unspecified atom stereocenters. The summed E-state index contributed by atoms with van der Waals surface area (Å²) in [5.41, 5.74) is 2.06. The number of aldehydes is 1. The first-order valence-electron chi connectivity index (χ1n) is 4.06. The van der Waals surface area contributed by atoms with Crippen LogP contribution < -0.4 is 0 Å². The van der Waals surface area contributed by atoms with Crippen molar-refractivity contribution in [3.63, 3.8) is 0 Å². The number of ether oxygens (including phenoxy) is 1. The molecule has 0 radical (unpaired) electrons. The fourth-order valence-electron chi connectivity index (χ4n) is 1.30. The van der Waals surface area contributed by atoms with Gasteiger partial charge in [-0.25, -0.2) is 4.79 Å². The molecule has 0 saturated carbocycles. The number of fused-ring (bicyclic) bond motifs is 1. The molecule has 0 saturated heterocycles. The molecular formula is C11H6O3. The summed E-state index contributed by atoms with van der Waals surface area (Å²) in [5, 5.41) is 0. The first-order chi connectivity index (χ1) is 6.81. The molecule has 0 amide bonds. The van der Waals surface area contributed by atoms with Crippen molar-refractivity contribution in [3.05, 3.63) is 34.9 Å². The molecule has 1 heterocycles. The van der Waals surface area contributed by atoms with Crippen LogP contribution in [0.4, 0.5) is 0 Å². The summed E-state index contributed by atoms with van der Waals surface area (Å²) in [6.07, 6.45) is 0.519. The Bertz CT molecular complexity index is 463. The summed E-state index contributed by atoms with van der Waals surface area (Å²) in [5.74, 6) is 4.58. The Balaban J connectivity index is 2.44. The molecule has 0 aromatic heterocycles. The van der Waals surface area contributed by atoms with Crippen molar-refractivity contribution in [2.24, 2.45) is 0 Å². The lowest BCUT2D eigenvalue weighted by Crippen LogP contribution is -1.93. The Labute approximate surface area is 80.7 Å². The van der Waals surface area contributed by atoms with Gasteiger partial charge in [-0.1, -0.05) is 12.0 Å². The predicted molar refractivity (Wildman–Crippen MR) is 48.5 cm³/mol. The minimum Gasteiger partial charge on any atom is -0.457 e. The van der Waals surface area contributed by atoms with Gasteiger partial charge in [-0.2, -0.15) is 0 Å². The Morgan fingerprint density at radius 3 is 3.07 bits per heavy atom. The summed E-state index contributed by atoms with van der Waals surface area (Å²) in [6.45, 7) is 0.329. The van der Waals surface area contributed by atoms with Gasteiger partial charge in [-0.05, 0) is 18.1 Å². The van der Waals surface area contributed by atoms with Gasteiger partial charge in [0.2, 0.25) is 0 Å². The van der Waals surface area contributed by atoms with E-state index < -0.39 is 0 Å². The monoisotopic (exact) mass is 186 g/mol. The van der Waals surface area contributed by atoms with Crippen LogP contribution in [-0.4, -0.2) is 12.3 Å². The molecule has 1 aromatic carbocycles. The Morgan fingerprint density at radius 2 is 2.29 bits per heavy atom. The van der Waals surface area contributed by atoms with Gasteiger partial charge in [-0.15, -0.1) is 0 Å². The number of hydrogen-bond acceptors (Lipinski definition) is 3. The van der Waals surface area contributed by atoms with Gasteiger partial charge in [0.1, 0.15) is 6.61 Å². The average Bonchev–Trinajstić information content (AvgIpc) is 2.57. The number of benzene rings is 1. The largest absolute Gasteiger partial charge is 0.457 e. The molecule has 0 spiro atoms. The lowest BCUT2D eigenvalue weighted by molar-refractivity contribution is -0.103. The molecule has 3 heteroatoms. The molecule has 68 valence electrons. The lowest BCUT2D eigenvalue weighted by atomic mass is 10.1. The van der Waals surface area contributed by atoms with Crippen LogP contribution in [0.2, 0.25) is 0 Å². The maximum atomic E-state index is 11.2. The summed E-state index contributed by atoms with van der Waals surface area (Å²) in [6, 6.07) is 5.19. The third-order valence-corrected chi connectivity index (χ3v) is 1.96. The van der Waals surface area contributed by atoms with Gasteiger partial charge in [0, 0.05) is 11.1 Å². The third kappa shape index (κ3) is 1.38. The Hall–Kier alpha value is -2.08. The standard InChI is InChI=1S/C11H6O3/c12-5-1-2-8-3-4-9-7-14-11(13)10(9)6-8/h3-6H,7H2. The maximum Gasteiger partial charge on any atom is 0.338 e. The van der Waals surface area contributed by atoms with Gasteiger partial charge in [0.25, 0.3) is 0 Å². The number of cyclic esters (lactones) is 1. The molecule has 0 N–H and O–H groups in total. The van der Waals surface area contributed by atoms with Crippen LogP contribution in [0.25, 0.3) is 0 Å². The van der Waals surface area contributed by atoms with Gasteiger partial charge >= 0.3 is 5.97 Å². The highest BCUT2D eigenvalue weighted by molar-refractivity contribution is 5.93. The van der Waals surface area contributed by atoms with E-state index in [2.05, 4.69) is 11.8 Å². The quantitative estimate of drug-likeness (QED) is 0.343. The van der Waals surface area contributed by atoms with E-state index in [1.165, 1.54) is 0 Å². The number of rotatable bonds is 0. The summed E-state index contributed by atoms with van der Waals surface area (Å²) in [7, 11) is 0. The van der Waals surface area contributed by atoms with E-state index in [9.17, 15) is 9.59 Å². The van der Waals surface area contributed by atoms with Crippen LogP contribution in [-0.2, 0) is 16.1 Å². The smallest absolute Gasteiger partial charge is 0.338 e. The minimum absolute atomic E-state index is 0.324. The molecule has 0 bridgehead atoms. The first-order valence-corrected chi connectivity index (χ1v) is 4.06. The van der Waals surface area contributed by atoms with Crippen LogP contribution in [0.1, 0.15) is 21.5 Å². The van der Waals surface area contributed by atoms with Gasteiger partial charge < -0.3 is 4.74 Å². The normalized spacial score (nSPS) is 12.4. The molecular weight excluding hydrogens is 180 g/mol. The van der Waals surface area contributed by atoms with Crippen LogP contribution in [0.15, 0.2) is 18.2 Å². The van der Waals surface area contributed by atoms with Gasteiger partial charge in [0.05, 0.1) is 5.56 Å². The van der Waals surface area contributed by atoms with Crippen molar-refractivity contribution in [1.29, 1.82) is 0 Å². The molecule has 0 aliphatic carbocycles. The van der Waals surface area contributed by atoms with Crippen molar-refractivity contribution >= 4 is 12.3 Å². The average molecular weight is 186 g/mol. The van der Waals surface area contributed by atoms with Crippen LogP contribution >= 0.6 is 0 Å². The first kappa shape index (κ1) is 8.52. The number of carbonyl (C=O) groups is 2. The lowest BCUT2D eigenvalue weighted by Gasteiger charge is -1.93. The summed E-state index contributed by atoms with van der Waals surface area (Å²) < 4.78 is 4.83. The van der Waals surface area contributed by atoms with E-state index in [-0.39, 0.29) is 5.97 Å².